The fourth-order valence-electron chi connectivity index (χ4n) is 1.78. The van der Waals surface area contributed by atoms with Gasteiger partial charge < -0.3 is 9.47 Å². The van der Waals surface area contributed by atoms with Crippen LogP contribution >= 0.6 is 15.9 Å². The molecule has 0 aliphatic carbocycles. The van der Waals surface area contributed by atoms with E-state index in [0.29, 0.717) is 18.5 Å². The number of ether oxygens (including phenoxy) is 2. The standard InChI is InChI=1S/C12H14BrFO2/c1-8-2-4-10(16-8)7-15-12-6-9(14)3-5-11(12)13/h3,5-6,8,10H,2,4,7H2,1H3. The van der Waals surface area contributed by atoms with Crippen molar-refractivity contribution in [2.24, 2.45) is 0 Å². The second-order valence-corrected chi connectivity index (χ2v) is 4.89. The third-order valence-corrected chi connectivity index (χ3v) is 3.29. The molecule has 0 N–H and O–H groups in total. The van der Waals surface area contributed by atoms with Gasteiger partial charge in [0.05, 0.1) is 16.7 Å². The van der Waals surface area contributed by atoms with Crippen molar-refractivity contribution in [3.8, 4) is 5.75 Å². The largest absolute Gasteiger partial charge is 0.490 e. The molecule has 1 heterocycles. The quantitative estimate of drug-likeness (QED) is 0.847. The normalized spacial score (nSPS) is 24.7. The van der Waals surface area contributed by atoms with E-state index < -0.39 is 0 Å². The molecular formula is C12H14BrFO2. The molecule has 2 unspecified atom stereocenters. The summed E-state index contributed by atoms with van der Waals surface area (Å²) in [6.07, 6.45) is 2.52. The van der Waals surface area contributed by atoms with Crippen molar-refractivity contribution in [2.75, 3.05) is 6.61 Å². The molecule has 4 heteroatoms. The van der Waals surface area contributed by atoms with Gasteiger partial charge in [-0.15, -0.1) is 0 Å². The van der Waals surface area contributed by atoms with Crippen molar-refractivity contribution >= 4 is 15.9 Å². The van der Waals surface area contributed by atoms with E-state index >= 15 is 0 Å². The summed E-state index contributed by atoms with van der Waals surface area (Å²) in [7, 11) is 0. The zero-order valence-corrected chi connectivity index (χ0v) is 10.7. The monoisotopic (exact) mass is 288 g/mol. The third-order valence-electron chi connectivity index (χ3n) is 2.64. The summed E-state index contributed by atoms with van der Waals surface area (Å²) in [6, 6.07) is 4.41. The lowest BCUT2D eigenvalue weighted by Crippen LogP contribution is -2.18. The Kier molecular flexibility index (Phi) is 3.82. The summed E-state index contributed by atoms with van der Waals surface area (Å²) in [5.74, 6) is 0.238. The number of rotatable bonds is 3. The second kappa shape index (κ2) is 5.15. The zero-order chi connectivity index (χ0) is 11.5. The minimum atomic E-state index is -0.293. The zero-order valence-electron chi connectivity index (χ0n) is 9.08. The minimum Gasteiger partial charge on any atom is -0.490 e. The molecule has 1 saturated heterocycles. The Morgan fingerprint density at radius 2 is 2.31 bits per heavy atom. The van der Waals surface area contributed by atoms with E-state index in [1.165, 1.54) is 12.1 Å². The molecule has 1 aliphatic heterocycles. The Morgan fingerprint density at radius 1 is 1.50 bits per heavy atom. The first kappa shape index (κ1) is 11.9. The van der Waals surface area contributed by atoms with E-state index in [0.717, 1.165) is 17.3 Å². The van der Waals surface area contributed by atoms with Gasteiger partial charge in [0, 0.05) is 6.07 Å². The highest BCUT2D eigenvalue weighted by atomic mass is 79.9. The highest BCUT2D eigenvalue weighted by Gasteiger charge is 2.22. The average Bonchev–Trinajstić information content (AvgIpc) is 2.66. The van der Waals surface area contributed by atoms with E-state index in [9.17, 15) is 4.39 Å². The SMILES string of the molecule is CC1CCC(COc2cc(F)ccc2Br)O1. The van der Waals surface area contributed by atoms with Crippen LogP contribution in [-0.2, 0) is 4.74 Å². The summed E-state index contributed by atoms with van der Waals surface area (Å²) in [5.41, 5.74) is 0. The molecule has 0 aromatic heterocycles. The molecule has 1 aliphatic rings. The van der Waals surface area contributed by atoms with Crippen LogP contribution in [0.15, 0.2) is 22.7 Å². The van der Waals surface area contributed by atoms with E-state index in [2.05, 4.69) is 22.9 Å². The molecule has 0 spiro atoms. The van der Waals surface area contributed by atoms with Crippen LogP contribution in [0.5, 0.6) is 5.75 Å². The van der Waals surface area contributed by atoms with Crippen molar-refractivity contribution in [1.82, 2.24) is 0 Å². The van der Waals surface area contributed by atoms with Gasteiger partial charge in [-0.3, -0.25) is 0 Å². The molecule has 0 amide bonds. The first-order chi connectivity index (χ1) is 7.65. The van der Waals surface area contributed by atoms with E-state index in [4.69, 9.17) is 9.47 Å². The van der Waals surface area contributed by atoms with Crippen molar-refractivity contribution in [1.29, 1.82) is 0 Å². The average molecular weight is 289 g/mol. The van der Waals surface area contributed by atoms with Gasteiger partial charge in [0.15, 0.2) is 0 Å². The molecule has 0 saturated carbocycles. The second-order valence-electron chi connectivity index (χ2n) is 4.03. The van der Waals surface area contributed by atoms with Crippen LogP contribution in [0.25, 0.3) is 0 Å². The number of benzene rings is 1. The topological polar surface area (TPSA) is 18.5 Å². The third kappa shape index (κ3) is 2.95. The first-order valence-electron chi connectivity index (χ1n) is 5.38. The van der Waals surface area contributed by atoms with Crippen LogP contribution in [-0.4, -0.2) is 18.8 Å². The van der Waals surface area contributed by atoms with Gasteiger partial charge in [0.2, 0.25) is 0 Å². The van der Waals surface area contributed by atoms with E-state index in [1.54, 1.807) is 6.07 Å². The van der Waals surface area contributed by atoms with Gasteiger partial charge in [-0.1, -0.05) is 0 Å². The maximum absolute atomic E-state index is 13.0. The summed E-state index contributed by atoms with van der Waals surface area (Å²) in [5, 5.41) is 0. The maximum atomic E-state index is 13.0. The molecule has 0 radical (unpaired) electrons. The fourth-order valence-corrected chi connectivity index (χ4v) is 2.14. The van der Waals surface area contributed by atoms with Gasteiger partial charge in [-0.2, -0.15) is 0 Å². The molecule has 2 atom stereocenters. The van der Waals surface area contributed by atoms with Crippen LogP contribution < -0.4 is 4.74 Å². The van der Waals surface area contributed by atoms with E-state index in [1.807, 2.05) is 0 Å². The van der Waals surface area contributed by atoms with Crippen LogP contribution in [0.2, 0.25) is 0 Å². The molecule has 1 fully saturated rings. The van der Waals surface area contributed by atoms with Crippen molar-refractivity contribution in [3.05, 3.63) is 28.5 Å². The molecule has 88 valence electrons. The van der Waals surface area contributed by atoms with Gasteiger partial charge in [-0.05, 0) is 47.8 Å². The summed E-state index contributed by atoms with van der Waals surface area (Å²) in [4.78, 5) is 0. The van der Waals surface area contributed by atoms with Crippen molar-refractivity contribution in [2.45, 2.75) is 32.0 Å². The lowest BCUT2D eigenvalue weighted by molar-refractivity contribution is 0.0262. The van der Waals surface area contributed by atoms with Crippen LogP contribution in [0.1, 0.15) is 19.8 Å². The number of hydrogen-bond donors (Lipinski definition) is 0. The van der Waals surface area contributed by atoms with Crippen LogP contribution in [0, 0.1) is 5.82 Å². The predicted octanol–water partition coefficient (Wildman–Crippen LogP) is 3.53. The van der Waals surface area contributed by atoms with Gasteiger partial charge in [0.25, 0.3) is 0 Å². The van der Waals surface area contributed by atoms with Crippen LogP contribution in [0.3, 0.4) is 0 Å². The van der Waals surface area contributed by atoms with Crippen LogP contribution in [0.4, 0.5) is 4.39 Å². The molecular weight excluding hydrogens is 275 g/mol. The molecule has 0 bridgehead atoms. The Morgan fingerprint density at radius 3 is 3.00 bits per heavy atom. The summed E-state index contributed by atoms with van der Waals surface area (Å²) < 4.78 is 24.9. The molecule has 16 heavy (non-hydrogen) atoms. The fraction of sp³-hybridized carbons (Fsp3) is 0.500. The molecule has 1 aromatic carbocycles. The summed E-state index contributed by atoms with van der Waals surface area (Å²) >= 11 is 3.32. The van der Waals surface area contributed by atoms with Crippen molar-refractivity contribution in [3.63, 3.8) is 0 Å². The van der Waals surface area contributed by atoms with Gasteiger partial charge >= 0.3 is 0 Å². The Hall–Kier alpha value is -0.610. The lowest BCUT2D eigenvalue weighted by atomic mass is 10.2. The Bertz CT molecular complexity index is 370. The smallest absolute Gasteiger partial charge is 0.136 e. The Balaban J connectivity index is 1.91. The highest BCUT2D eigenvalue weighted by Crippen LogP contribution is 2.27. The minimum absolute atomic E-state index is 0.130. The van der Waals surface area contributed by atoms with E-state index in [-0.39, 0.29) is 11.9 Å². The molecule has 2 nitrogen and oxygen atoms in total. The maximum Gasteiger partial charge on any atom is 0.136 e. The van der Waals surface area contributed by atoms with Crippen molar-refractivity contribution < 1.29 is 13.9 Å². The van der Waals surface area contributed by atoms with Gasteiger partial charge in [-0.25, -0.2) is 4.39 Å². The number of hydrogen-bond acceptors (Lipinski definition) is 2. The molecule has 1 aromatic rings. The first-order valence-corrected chi connectivity index (χ1v) is 6.18. The highest BCUT2D eigenvalue weighted by molar-refractivity contribution is 9.10. The summed E-state index contributed by atoms with van der Waals surface area (Å²) in [6.45, 7) is 2.53. The number of halogens is 2. The lowest BCUT2D eigenvalue weighted by Gasteiger charge is -2.13. The predicted molar refractivity (Wildman–Crippen MR) is 63.2 cm³/mol. The Labute approximate surface area is 103 Å². The van der Waals surface area contributed by atoms with Gasteiger partial charge in [0.1, 0.15) is 18.2 Å². The molecule has 2 rings (SSSR count).